The van der Waals surface area contributed by atoms with Gasteiger partial charge in [-0.15, -0.1) is 5.10 Å². The first kappa shape index (κ1) is 21.1. The van der Waals surface area contributed by atoms with Crippen LogP contribution in [0.25, 0.3) is 33.5 Å². The summed E-state index contributed by atoms with van der Waals surface area (Å²) in [7, 11) is 1.93. The van der Waals surface area contributed by atoms with E-state index in [1.54, 1.807) is 0 Å². The van der Waals surface area contributed by atoms with Crippen LogP contribution in [0, 0.1) is 0 Å². The first-order chi connectivity index (χ1) is 16.1. The van der Waals surface area contributed by atoms with Gasteiger partial charge in [-0.1, -0.05) is 60.7 Å². The molecule has 1 N–H and O–H groups in total. The zero-order valence-electron chi connectivity index (χ0n) is 19.0. The number of nitrogens with one attached hydrogen (secondary N) is 1. The molecule has 4 aromatic rings. The highest BCUT2D eigenvalue weighted by molar-refractivity contribution is 5.76. The van der Waals surface area contributed by atoms with Crippen LogP contribution in [0.2, 0.25) is 0 Å². The zero-order chi connectivity index (χ0) is 22.8. The number of aryl methyl sites for hydroxylation is 1. The van der Waals surface area contributed by atoms with Gasteiger partial charge in [0, 0.05) is 36.8 Å². The molecule has 0 unspecified atom stereocenters. The van der Waals surface area contributed by atoms with Gasteiger partial charge in [-0.25, -0.2) is 4.68 Å². The minimum absolute atomic E-state index is 0.114. The van der Waals surface area contributed by atoms with Crippen molar-refractivity contribution in [3.63, 3.8) is 0 Å². The summed E-state index contributed by atoms with van der Waals surface area (Å²) in [6.07, 6.45) is 9.11. The van der Waals surface area contributed by atoms with E-state index in [4.69, 9.17) is 0 Å². The fourth-order valence-corrected chi connectivity index (χ4v) is 4.62. The van der Waals surface area contributed by atoms with E-state index in [1.807, 2.05) is 41.9 Å². The van der Waals surface area contributed by atoms with E-state index in [-0.39, 0.29) is 18.0 Å². The van der Waals surface area contributed by atoms with Crippen molar-refractivity contribution in [1.29, 1.82) is 0 Å². The molecule has 1 aliphatic carbocycles. The summed E-state index contributed by atoms with van der Waals surface area (Å²) in [6, 6.07) is 17.6. The van der Waals surface area contributed by atoms with E-state index in [9.17, 15) is 4.79 Å². The van der Waals surface area contributed by atoms with Gasteiger partial charge in [0.15, 0.2) is 0 Å². The summed E-state index contributed by atoms with van der Waals surface area (Å²) >= 11 is 0. The fourth-order valence-electron chi connectivity index (χ4n) is 4.62. The number of carbonyl (C=O) groups excluding carboxylic acids is 1. The third kappa shape index (κ3) is 4.44. The second kappa shape index (κ2) is 9.02. The van der Waals surface area contributed by atoms with E-state index in [2.05, 4.69) is 69.3 Å². The maximum atomic E-state index is 11.7. The summed E-state index contributed by atoms with van der Waals surface area (Å²) in [4.78, 5) is 11.7. The molecular weight excluding hydrogens is 412 g/mol. The molecule has 33 heavy (non-hydrogen) atoms. The summed E-state index contributed by atoms with van der Waals surface area (Å²) in [6.45, 7) is 1.88. The van der Waals surface area contributed by atoms with Crippen LogP contribution in [0.5, 0.6) is 0 Å². The highest BCUT2D eigenvalue weighted by atomic mass is 16.1. The highest BCUT2D eigenvalue weighted by Gasteiger charge is 2.29. The average Bonchev–Trinajstić information content (AvgIpc) is 3.60. The first-order valence-corrected chi connectivity index (χ1v) is 11.5. The molecular formula is C26H28N6O. The smallest absolute Gasteiger partial charge is 0.219 e. The average molecular weight is 441 g/mol. The Morgan fingerprint density at radius 3 is 2.18 bits per heavy atom. The Morgan fingerprint density at radius 2 is 1.58 bits per heavy atom. The predicted molar refractivity (Wildman–Crippen MR) is 128 cm³/mol. The standard InChI is InChI=1S/C26H28N6O/c1-3-26(33)29-23-12-13-24(14-23)32-25(16-27-30-32)21-10-8-19(9-11-21)18-4-6-20(7-5-18)22-15-28-31(2)17-22/h4-11,15-17,23-24H,3,12-14H2,1-2H3,(H,29,33)/t23-,24+/m0/s1. The number of amides is 1. The number of aromatic nitrogens is 5. The summed E-state index contributed by atoms with van der Waals surface area (Å²) in [5.41, 5.74) is 6.72. The Labute approximate surface area is 193 Å². The number of hydrogen-bond donors (Lipinski definition) is 1. The summed E-state index contributed by atoms with van der Waals surface area (Å²) in [5.74, 6) is 0.114. The SMILES string of the molecule is CCC(=O)N[C@H]1CC[C@@H](n2nncc2-c2ccc(-c3ccc(-c4cnn(C)c4)cc3)cc2)C1. The van der Waals surface area contributed by atoms with E-state index in [0.29, 0.717) is 6.42 Å². The molecule has 1 amide bonds. The van der Waals surface area contributed by atoms with E-state index < -0.39 is 0 Å². The van der Waals surface area contributed by atoms with E-state index in [1.165, 1.54) is 11.1 Å². The molecule has 2 aromatic heterocycles. The molecule has 0 saturated heterocycles. The van der Waals surface area contributed by atoms with Crippen LogP contribution in [-0.2, 0) is 11.8 Å². The van der Waals surface area contributed by atoms with Gasteiger partial charge < -0.3 is 5.32 Å². The summed E-state index contributed by atoms with van der Waals surface area (Å²) in [5, 5.41) is 15.9. The van der Waals surface area contributed by atoms with Crippen molar-refractivity contribution >= 4 is 5.91 Å². The van der Waals surface area contributed by atoms with Crippen LogP contribution in [0.3, 0.4) is 0 Å². The molecule has 168 valence electrons. The van der Waals surface area contributed by atoms with E-state index >= 15 is 0 Å². The predicted octanol–water partition coefficient (Wildman–Crippen LogP) is 4.63. The largest absolute Gasteiger partial charge is 0.353 e. The topological polar surface area (TPSA) is 77.6 Å². The molecule has 1 saturated carbocycles. The van der Waals surface area contributed by atoms with Crippen LogP contribution in [0.1, 0.15) is 38.6 Å². The zero-order valence-corrected chi connectivity index (χ0v) is 19.0. The molecule has 2 aromatic carbocycles. The van der Waals surface area contributed by atoms with Crippen molar-refractivity contribution in [2.75, 3.05) is 0 Å². The number of hydrogen-bond acceptors (Lipinski definition) is 4. The molecule has 1 aliphatic rings. The van der Waals surface area contributed by atoms with Crippen molar-refractivity contribution < 1.29 is 4.79 Å². The Morgan fingerprint density at radius 1 is 0.939 bits per heavy atom. The molecule has 0 aliphatic heterocycles. The lowest BCUT2D eigenvalue weighted by Crippen LogP contribution is -2.32. The molecule has 0 radical (unpaired) electrons. The molecule has 0 spiro atoms. The lowest BCUT2D eigenvalue weighted by Gasteiger charge is -2.15. The van der Waals surface area contributed by atoms with Gasteiger partial charge in [0.1, 0.15) is 0 Å². The van der Waals surface area contributed by atoms with Gasteiger partial charge in [0.25, 0.3) is 0 Å². The number of rotatable bonds is 6. The number of nitrogens with zero attached hydrogens (tertiary/aromatic N) is 5. The van der Waals surface area contributed by atoms with Gasteiger partial charge in [-0.2, -0.15) is 5.10 Å². The third-order valence-corrected chi connectivity index (χ3v) is 6.45. The minimum atomic E-state index is 0.114. The quantitative estimate of drug-likeness (QED) is 0.474. The van der Waals surface area contributed by atoms with Crippen molar-refractivity contribution in [2.45, 2.75) is 44.7 Å². The van der Waals surface area contributed by atoms with Gasteiger partial charge in [-0.05, 0) is 36.0 Å². The number of benzene rings is 2. The monoisotopic (exact) mass is 440 g/mol. The van der Waals surface area contributed by atoms with Gasteiger partial charge >= 0.3 is 0 Å². The normalized spacial score (nSPS) is 17.9. The van der Waals surface area contributed by atoms with Crippen LogP contribution in [-0.4, -0.2) is 36.7 Å². The molecule has 2 atom stereocenters. The highest BCUT2D eigenvalue weighted by Crippen LogP contribution is 2.34. The second-order valence-electron chi connectivity index (χ2n) is 8.71. The van der Waals surface area contributed by atoms with E-state index in [0.717, 1.165) is 41.6 Å². The van der Waals surface area contributed by atoms with Gasteiger partial charge in [0.2, 0.25) is 5.91 Å². The third-order valence-electron chi connectivity index (χ3n) is 6.45. The molecule has 7 nitrogen and oxygen atoms in total. The number of carbonyl (C=O) groups is 1. The molecule has 2 heterocycles. The molecule has 5 rings (SSSR count). The lowest BCUT2D eigenvalue weighted by molar-refractivity contribution is -0.121. The summed E-state index contributed by atoms with van der Waals surface area (Å²) < 4.78 is 3.84. The Kier molecular flexibility index (Phi) is 5.77. The maximum absolute atomic E-state index is 11.7. The van der Waals surface area contributed by atoms with Gasteiger partial charge in [0.05, 0.1) is 24.1 Å². The minimum Gasteiger partial charge on any atom is -0.353 e. The Hall–Kier alpha value is -3.74. The first-order valence-electron chi connectivity index (χ1n) is 11.5. The molecule has 1 fully saturated rings. The lowest BCUT2D eigenvalue weighted by atomic mass is 10.0. The van der Waals surface area contributed by atoms with Crippen LogP contribution < -0.4 is 5.32 Å². The molecule has 0 bridgehead atoms. The Bertz CT molecular complexity index is 1240. The Balaban J connectivity index is 1.31. The van der Waals surface area contributed by atoms with Crippen molar-refractivity contribution in [3.8, 4) is 33.5 Å². The second-order valence-corrected chi connectivity index (χ2v) is 8.71. The maximum Gasteiger partial charge on any atom is 0.219 e. The fraction of sp³-hybridized carbons (Fsp3) is 0.308. The van der Waals surface area contributed by atoms with Crippen LogP contribution >= 0.6 is 0 Å². The van der Waals surface area contributed by atoms with Gasteiger partial charge in [-0.3, -0.25) is 9.48 Å². The van der Waals surface area contributed by atoms with Crippen LogP contribution in [0.15, 0.2) is 67.1 Å². The van der Waals surface area contributed by atoms with Crippen molar-refractivity contribution in [3.05, 3.63) is 67.1 Å². The van der Waals surface area contributed by atoms with Crippen LogP contribution in [0.4, 0.5) is 0 Å². The van der Waals surface area contributed by atoms with Crippen molar-refractivity contribution in [1.82, 2.24) is 30.1 Å². The van der Waals surface area contributed by atoms with Crippen molar-refractivity contribution in [2.24, 2.45) is 7.05 Å². The molecule has 7 heteroatoms.